The molecule has 1 aliphatic rings. The first-order valence-electron chi connectivity index (χ1n) is 9.48. The summed E-state index contributed by atoms with van der Waals surface area (Å²) in [5, 5.41) is 11.4. The Morgan fingerprint density at radius 3 is 3.07 bits per heavy atom. The van der Waals surface area contributed by atoms with E-state index in [1.165, 1.54) is 24.4 Å². The van der Waals surface area contributed by atoms with Crippen LogP contribution in [0.15, 0.2) is 45.9 Å². The third kappa shape index (κ3) is 4.18. The molecule has 1 fully saturated rings. The summed E-state index contributed by atoms with van der Waals surface area (Å²) in [6, 6.07) is 9.16. The SMILES string of the molecule is N=C/C=N\Nc1ccc(F)cc1C(=O)N1CCCC(c2nc3cc(Cl)ccc3o2)C1. The van der Waals surface area contributed by atoms with Crippen LogP contribution in [0.2, 0.25) is 5.02 Å². The molecular formula is C21H19ClFN5O2. The molecule has 0 spiro atoms. The predicted molar refractivity (Wildman–Crippen MR) is 114 cm³/mol. The van der Waals surface area contributed by atoms with Crippen LogP contribution in [0.1, 0.15) is 35.0 Å². The van der Waals surface area contributed by atoms with Crippen molar-refractivity contribution in [2.45, 2.75) is 18.8 Å². The van der Waals surface area contributed by atoms with Gasteiger partial charge in [-0.15, -0.1) is 0 Å². The molecule has 0 radical (unpaired) electrons. The molecule has 7 nitrogen and oxygen atoms in total. The van der Waals surface area contributed by atoms with E-state index in [0.717, 1.165) is 19.1 Å². The number of carbonyl (C=O) groups is 1. The number of likely N-dealkylation sites (tertiary alicyclic amines) is 1. The lowest BCUT2D eigenvalue weighted by Crippen LogP contribution is -2.39. The second-order valence-electron chi connectivity index (χ2n) is 7.00. The zero-order valence-electron chi connectivity index (χ0n) is 15.9. The van der Waals surface area contributed by atoms with E-state index in [4.69, 9.17) is 21.4 Å². The van der Waals surface area contributed by atoms with Crippen molar-refractivity contribution in [1.82, 2.24) is 9.88 Å². The van der Waals surface area contributed by atoms with Crippen molar-refractivity contribution in [3.05, 3.63) is 58.7 Å². The van der Waals surface area contributed by atoms with Crippen LogP contribution in [0.3, 0.4) is 0 Å². The van der Waals surface area contributed by atoms with Gasteiger partial charge in [-0.05, 0) is 49.2 Å². The molecule has 3 aromatic rings. The Hall–Kier alpha value is -3.26. The molecule has 9 heteroatoms. The maximum Gasteiger partial charge on any atom is 0.256 e. The molecule has 2 heterocycles. The van der Waals surface area contributed by atoms with Gasteiger partial charge in [0.1, 0.15) is 11.3 Å². The number of fused-ring (bicyclic) bond motifs is 1. The number of halogens is 2. The average Bonchev–Trinajstić information content (AvgIpc) is 3.18. The molecule has 1 aromatic heterocycles. The van der Waals surface area contributed by atoms with Gasteiger partial charge in [0.25, 0.3) is 5.91 Å². The summed E-state index contributed by atoms with van der Waals surface area (Å²) in [6.07, 6.45) is 3.84. The number of hydrogen-bond donors (Lipinski definition) is 2. The Balaban J connectivity index is 1.57. The monoisotopic (exact) mass is 427 g/mol. The number of piperidine rings is 1. The summed E-state index contributed by atoms with van der Waals surface area (Å²) < 4.78 is 19.7. The molecule has 2 N–H and O–H groups in total. The zero-order valence-corrected chi connectivity index (χ0v) is 16.7. The van der Waals surface area contributed by atoms with Crippen molar-refractivity contribution >= 4 is 46.7 Å². The van der Waals surface area contributed by atoms with E-state index in [9.17, 15) is 9.18 Å². The lowest BCUT2D eigenvalue weighted by molar-refractivity contribution is 0.0699. The average molecular weight is 428 g/mol. The fourth-order valence-corrected chi connectivity index (χ4v) is 3.73. The fourth-order valence-electron chi connectivity index (χ4n) is 3.56. The Morgan fingerprint density at radius 1 is 1.37 bits per heavy atom. The van der Waals surface area contributed by atoms with Gasteiger partial charge in [0.15, 0.2) is 11.5 Å². The van der Waals surface area contributed by atoms with Crippen molar-refractivity contribution in [3.8, 4) is 0 Å². The fraction of sp³-hybridized carbons (Fsp3) is 0.238. The molecule has 2 aromatic carbocycles. The van der Waals surface area contributed by atoms with Gasteiger partial charge in [-0.1, -0.05) is 11.6 Å². The minimum absolute atomic E-state index is 0.0604. The number of rotatable bonds is 5. The second-order valence-corrected chi connectivity index (χ2v) is 7.44. The van der Waals surface area contributed by atoms with E-state index in [1.807, 2.05) is 0 Å². The number of anilines is 1. The van der Waals surface area contributed by atoms with Crippen LogP contribution in [0.25, 0.3) is 11.1 Å². The summed E-state index contributed by atoms with van der Waals surface area (Å²) in [7, 11) is 0. The lowest BCUT2D eigenvalue weighted by Gasteiger charge is -2.31. The summed E-state index contributed by atoms with van der Waals surface area (Å²) in [5.74, 6) is -0.303. The summed E-state index contributed by atoms with van der Waals surface area (Å²) in [4.78, 5) is 19.4. The molecule has 1 amide bonds. The number of hydrogen-bond acceptors (Lipinski definition) is 6. The van der Waals surface area contributed by atoms with Crippen LogP contribution < -0.4 is 5.43 Å². The van der Waals surface area contributed by atoms with Crippen molar-refractivity contribution in [3.63, 3.8) is 0 Å². The van der Waals surface area contributed by atoms with Gasteiger partial charge >= 0.3 is 0 Å². The zero-order chi connectivity index (χ0) is 21.1. The Morgan fingerprint density at radius 2 is 2.23 bits per heavy atom. The first kappa shape index (κ1) is 20.0. The van der Waals surface area contributed by atoms with E-state index in [-0.39, 0.29) is 17.4 Å². The molecule has 0 bridgehead atoms. The Labute approximate surface area is 177 Å². The number of amides is 1. The van der Waals surface area contributed by atoms with Gasteiger partial charge in [-0.25, -0.2) is 9.37 Å². The standard InChI is InChI=1S/C21H19ClFN5O2/c22-14-3-6-19-18(10-14)26-20(30-19)13-2-1-9-28(12-13)21(29)16-11-15(23)4-5-17(16)27-25-8-7-24/h3-8,10-11,13,24,27H,1-2,9,12H2/b24-7?,25-8-. The highest BCUT2D eigenvalue weighted by Crippen LogP contribution is 2.31. The molecule has 4 rings (SSSR count). The first-order chi connectivity index (χ1) is 14.5. The number of carbonyl (C=O) groups excluding carboxylic acids is 1. The van der Waals surface area contributed by atoms with Gasteiger partial charge in [0.05, 0.1) is 23.4 Å². The van der Waals surface area contributed by atoms with E-state index in [0.29, 0.717) is 40.8 Å². The second kappa shape index (κ2) is 8.62. The van der Waals surface area contributed by atoms with Crippen molar-refractivity contribution in [2.24, 2.45) is 5.10 Å². The van der Waals surface area contributed by atoms with Gasteiger partial charge in [-0.2, -0.15) is 5.10 Å². The largest absolute Gasteiger partial charge is 0.440 e. The molecule has 30 heavy (non-hydrogen) atoms. The molecule has 154 valence electrons. The number of nitrogens with one attached hydrogen (secondary N) is 2. The number of oxazole rings is 1. The van der Waals surface area contributed by atoms with Gasteiger partial charge in [0, 0.05) is 24.3 Å². The van der Waals surface area contributed by atoms with E-state index >= 15 is 0 Å². The molecule has 0 aliphatic carbocycles. The van der Waals surface area contributed by atoms with Gasteiger partial charge in [0.2, 0.25) is 0 Å². The molecule has 1 saturated heterocycles. The van der Waals surface area contributed by atoms with E-state index in [2.05, 4.69) is 15.5 Å². The number of nitrogens with zero attached hydrogens (tertiary/aromatic N) is 3. The lowest BCUT2D eigenvalue weighted by atomic mass is 9.97. The summed E-state index contributed by atoms with van der Waals surface area (Å²) >= 11 is 6.03. The van der Waals surface area contributed by atoms with Crippen molar-refractivity contribution < 1.29 is 13.6 Å². The minimum atomic E-state index is -0.510. The highest BCUT2D eigenvalue weighted by molar-refractivity contribution is 6.31. The Bertz CT molecular complexity index is 1130. The number of hydrazone groups is 1. The quantitative estimate of drug-likeness (QED) is 0.456. The van der Waals surface area contributed by atoms with Crippen LogP contribution in [0.5, 0.6) is 0 Å². The maximum absolute atomic E-state index is 13.8. The normalized spacial score (nSPS) is 16.9. The van der Waals surface area contributed by atoms with E-state index in [1.54, 1.807) is 23.1 Å². The van der Waals surface area contributed by atoms with Crippen LogP contribution in [0, 0.1) is 11.2 Å². The smallest absolute Gasteiger partial charge is 0.256 e. The molecule has 1 aliphatic heterocycles. The van der Waals surface area contributed by atoms with Crippen LogP contribution in [-0.2, 0) is 0 Å². The summed E-state index contributed by atoms with van der Waals surface area (Å²) in [5.41, 5.74) is 4.58. The highest BCUT2D eigenvalue weighted by Gasteiger charge is 2.29. The number of aromatic nitrogens is 1. The topological polar surface area (TPSA) is 94.6 Å². The third-order valence-electron chi connectivity index (χ3n) is 4.97. The minimum Gasteiger partial charge on any atom is -0.440 e. The highest BCUT2D eigenvalue weighted by atomic mass is 35.5. The summed E-state index contributed by atoms with van der Waals surface area (Å²) in [6.45, 7) is 0.972. The van der Waals surface area contributed by atoms with E-state index < -0.39 is 5.82 Å². The third-order valence-corrected chi connectivity index (χ3v) is 5.21. The maximum atomic E-state index is 13.8. The van der Waals surface area contributed by atoms with Crippen LogP contribution >= 0.6 is 11.6 Å². The molecule has 1 atom stereocenters. The van der Waals surface area contributed by atoms with Crippen LogP contribution in [-0.4, -0.2) is 41.3 Å². The van der Waals surface area contributed by atoms with Crippen molar-refractivity contribution in [1.29, 1.82) is 5.41 Å². The van der Waals surface area contributed by atoms with Gasteiger partial charge < -0.3 is 14.7 Å². The van der Waals surface area contributed by atoms with Crippen molar-refractivity contribution in [2.75, 3.05) is 18.5 Å². The molecule has 0 saturated carbocycles. The Kier molecular flexibility index (Phi) is 5.76. The van der Waals surface area contributed by atoms with Crippen LogP contribution in [0.4, 0.5) is 10.1 Å². The molecule has 1 unspecified atom stereocenters. The van der Waals surface area contributed by atoms with Gasteiger partial charge in [-0.3, -0.25) is 10.2 Å². The molecular weight excluding hydrogens is 409 g/mol. The number of benzene rings is 2. The first-order valence-corrected chi connectivity index (χ1v) is 9.86. The predicted octanol–water partition coefficient (Wildman–Crippen LogP) is 4.69.